The first-order chi connectivity index (χ1) is 6.63. The fourth-order valence-corrected chi connectivity index (χ4v) is 1.93. The fraction of sp³-hybridized carbons (Fsp3) is 1.00. The normalized spacial score (nSPS) is 27.9. The molecular formula is C10H23N3O. The first-order valence-electron chi connectivity index (χ1n) is 5.42. The monoisotopic (exact) mass is 201 g/mol. The van der Waals surface area contributed by atoms with E-state index in [1.165, 1.54) is 0 Å². The van der Waals surface area contributed by atoms with Crippen molar-refractivity contribution in [1.29, 1.82) is 0 Å². The van der Waals surface area contributed by atoms with Crippen molar-refractivity contribution in [3.63, 3.8) is 0 Å². The molecule has 0 aromatic heterocycles. The van der Waals surface area contributed by atoms with Crippen molar-refractivity contribution in [2.45, 2.75) is 25.4 Å². The van der Waals surface area contributed by atoms with E-state index in [4.69, 9.17) is 10.8 Å². The number of aliphatic hydroxyl groups is 1. The van der Waals surface area contributed by atoms with Crippen LogP contribution in [0.1, 0.15) is 13.3 Å². The Hall–Kier alpha value is -0.160. The van der Waals surface area contributed by atoms with Gasteiger partial charge in [0.25, 0.3) is 0 Å². The molecule has 0 saturated carbocycles. The summed E-state index contributed by atoms with van der Waals surface area (Å²) in [5.41, 5.74) is 5.68. The Kier molecular flexibility index (Phi) is 4.81. The summed E-state index contributed by atoms with van der Waals surface area (Å²) in [6, 6.07) is 0.557. The minimum Gasteiger partial charge on any atom is -0.395 e. The molecule has 1 heterocycles. The molecule has 84 valence electrons. The molecule has 0 amide bonds. The quantitative estimate of drug-likeness (QED) is 0.633. The largest absolute Gasteiger partial charge is 0.395 e. The maximum absolute atomic E-state index is 8.82. The molecule has 4 nitrogen and oxygen atoms in total. The fourth-order valence-electron chi connectivity index (χ4n) is 1.93. The van der Waals surface area contributed by atoms with Gasteiger partial charge in [-0.25, -0.2) is 0 Å². The number of aliphatic hydroxyl groups excluding tert-OH is 1. The van der Waals surface area contributed by atoms with Gasteiger partial charge in [-0.05, 0) is 20.4 Å². The third-order valence-corrected chi connectivity index (χ3v) is 2.99. The van der Waals surface area contributed by atoms with E-state index in [-0.39, 0.29) is 12.6 Å². The molecule has 2 atom stereocenters. The highest BCUT2D eigenvalue weighted by Gasteiger charge is 2.21. The number of hydrogen-bond acceptors (Lipinski definition) is 4. The maximum Gasteiger partial charge on any atom is 0.0583 e. The molecule has 1 fully saturated rings. The second kappa shape index (κ2) is 5.66. The van der Waals surface area contributed by atoms with Crippen molar-refractivity contribution in [2.75, 3.05) is 39.8 Å². The molecule has 3 N–H and O–H groups in total. The highest BCUT2D eigenvalue weighted by Crippen LogP contribution is 2.08. The second-order valence-electron chi connectivity index (χ2n) is 4.38. The smallest absolute Gasteiger partial charge is 0.0583 e. The summed E-state index contributed by atoms with van der Waals surface area (Å²) in [5, 5.41) is 8.82. The molecular weight excluding hydrogens is 178 g/mol. The third kappa shape index (κ3) is 3.53. The molecule has 0 bridgehead atoms. The average molecular weight is 201 g/mol. The number of piperazine rings is 1. The van der Waals surface area contributed by atoms with Crippen molar-refractivity contribution < 1.29 is 5.11 Å². The van der Waals surface area contributed by atoms with Crippen LogP contribution in [0.3, 0.4) is 0 Å². The van der Waals surface area contributed by atoms with Gasteiger partial charge in [0, 0.05) is 38.3 Å². The average Bonchev–Trinajstić information content (AvgIpc) is 2.16. The predicted octanol–water partition coefficient (Wildman–Crippen LogP) is -0.668. The van der Waals surface area contributed by atoms with Gasteiger partial charge >= 0.3 is 0 Å². The Morgan fingerprint density at radius 1 is 1.50 bits per heavy atom. The molecule has 0 aromatic rings. The van der Waals surface area contributed by atoms with E-state index in [0.29, 0.717) is 6.04 Å². The first-order valence-corrected chi connectivity index (χ1v) is 5.42. The molecule has 1 aliphatic rings. The van der Waals surface area contributed by atoms with Gasteiger partial charge in [-0.2, -0.15) is 0 Å². The van der Waals surface area contributed by atoms with Crippen LogP contribution in [0.4, 0.5) is 0 Å². The number of hydrogen-bond donors (Lipinski definition) is 2. The second-order valence-corrected chi connectivity index (χ2v) is 4.38. The molecule has 14 heavy (non-hydrogen) atoms. The number of rotatable bonds is 4. The number of likely N-dealkylation sites (N-methyl/N-ethyl adjacent to an activating group) is 1. The van der Waals surface area contributed by atoms with Gasteiger partial charge in [0.05, 0.1) is 6.61 Å². The van der Waals surface area contributed by atoms with Crippen LogP contribution < -0.4 is 5.73 Å². The lowest BCUT2D eigenvalue weighted by Gasteiger charge is -2.38. The van der Waals surface area contributed by atoms with Gasteiger partial charge in [0.2, 0.25) is 0 Å². The summed E-state index contributed by atoms with van der Waals surface area (Å²) in [5.74, 6) is 0. The number of nitrogens with two attached hydrogens (primary N) is 1. The van der Waals surface area contributed by atoms with E-state index in [2.05, 4.69) is 23.8 Å². The van der Waals surface area contributed by atoms with Gasteiger partial charge in [0.1, 0.15) is 0 Å². The van der Waals surface area contributed by atoms with Crippen molar-refractivity contribution in [2.24, 2.45) is 5.73 Å². The lowest BCUT2D eigenvalue weighted by molar-refractivity contribution is 0.0946. The summed E-state index contributed by atoms with van der Waals surface area (Å²) in [7, 11) is 2.16. The summed E-state index contributed by atoms with van der Waals surface area (Å²) in [6.07, 6.45) is 0.893. The van der Waals surface area contributed by atoms with E-state index >= 15 is 0 Å². The molecule has 0 aromatic carbocycles. The Morgan fingerprint density at radius 2 is 2.21 bits per heavy atom. The SMILES string of the molecule is CC1CN(C)CCN1CCC(N)CO. The molecule has 1 aliphatic heterocycles. The van der Waals surface area contributed by atoms with Crippen molar-refractivity contribution >= 4 is 0 Å². The van der Waals surface area contributed by atoms with Gasteiger partial charge in [-0.3, -0.25) is 4.90 Å². The minimum atomic E-state index is -0.0538. The van der Waals surface area contributed by atoms with Gasteiger partial charge in [-0.15, -0.1) is 0 Å². The van der Waals surface area contributed by atoms with Crippen LogP contribution >= 0.6 is 0 Å². The van der Waals surface area contributed by atoms with Crippen molar-refractivity contribution in [1.82, 2.24) is 9.80 Å². The highest BCUT2D eigenvalue weighted by molar-refractivity contribution is 4.78. The Balaban J connectivity index is 2.24. The van der Waals surface area contributed by atoms with E-state index < -0.39 is 0 Å². The first kappa shape index (κ1) is 11.9. The Morgan fingerprint density at radius 3 is 2.79 bits per heavy atom. The molecule has 2 unspecified atom stereocenters. The minimum absolute atomic E-state index is 0.0538. The summed E-state index contributed by atoms with van der Waals surface area (Å²) < 4.78 is 0. The summed E-state index contributed by atoms with van der Waals surface area (Å²) in [4.78, 5) is 4.81. The van der Waals surface area contributed by atoms with E-state index in [0.717, 1.165) is 32.6 Å². The summed E-state index contributed by atoms with van der Waals surface area (Å²) >= 11 is 0. The molecule has 0 radical (unpaired) electrons. The van der Waals surface area contributed by atoms with Gasteiger partial charge in [0.15, 0.2) is 0 Å². The van der Waals surface area contributed by atoms with E-state index in [1.807, 2.05) is 0 Å². The van der Waals surface area contributed by atoms with Gasteiger partial charge < -0.3 is 15.7 Å². The molecule has 4 heteroatoms. The van der Waals surface area contributed by atoms with E-state index in [1.54, 1.807) is 0 Å². The van der Waals surface area contributed by atoms with Crippen molar-refractivity contribution in [3.05, 3.63) is 0 Å². The highest BCUT2D eigenvalue weighted by atomic mass is 16.3. The predicted molar refractivity (Wildman–Crippen MR) is 58.2 cm³/mol. The zero-order valence-corrected chi connectivity index (χ0v) is 9.32. The van der Waals surface area contributed by atoms with Crippen LogP contribution in [-0.2, 0) is 0 Å². The standard InChI is InChI=1S/C10H23N3O/c1-9-7-12(2)5-6-13(9)4-3-10(11)8-14/h9-10,14H,3-8,11H2,1-2H3. The zero-order chi connectivity index (χ0) is 10.6. The molecule has 1 saturated heterocycles. The molecule has 0 aliphatic carbocycles. The van der Waals surface area contributed by atoms with Crippen LogP contribution in [0.15, 0.2) is 0 Å². The van der Waals surface area contributed by atoms with Crippen LogP contribution in [0, 0.1) is 0 Å². The van der Waals surface area contributed by atoms with Crippen LogP contribution in [-0.4, -0.2) is 66.8 Å². The van der Waals surface area contributed by atoms with Gasteiger partial charge in [-0.1, -0.05) is 0 Å². The maximum atomic E-state index is 8.82. The topological polar surface area (TPSA) is 52.7 Å². The number of nitrogens with zero attached hydrogens (tertiary/aromatic N) is 2. The van der Waals surface area contributed by atoms with Crippen LogP contribution in [0.2, 0.25) is 0 Å². The Labute approximate surface area is 86.7 Å². The summed E-state index contributed by atoms with van der Waals surface area (Å²) in [6.45, 7) is 6.75. The lowest BCUT2D eigenvalue weighted by atomic mass is 10.1. The van der Waals surface area contributed by atoms with Crippen LogP contribution in [0.25, 0.3) is 0 Å². The zero-order valence-electron chi connectivity index (χ0n) is 9.32. The third-order valence-electron chi connectivity index (χ3n) is 2.99. The van der Waals surface area contributed by atoms with E-state index in [9.17, 15) is 0 Å². The van der Waals surface area contributed by atoms with Crippen LogP contribution in [0.5, 0.6) is 0 Å². The molecule has 1 rings (SSSR count). The lowest BCUT2D eigenvalue weighted by Crippen LogP contribution is -2.51. The van der Waals surface area contributed by atoms with Crippen molar-refractivity contribution in [3.8, 4) is 0 Å². The Bertz CT molecular complexity index is 165. The molecule has 0 spiro atoms.